The summed E-state index contributed by atoms with van der Waals surface area (Å²) in [5.74, 6) is 0. The third kappa shape index (κ3) is 1.32. The van der Waals surface area contributed by atoms with Crippen molar-refractivity contribution in [3.05, 3.63) is 34.9 Å². The predicted molar refractivity (Wildman–Crippen MR) is 57.5 cm³/mol. The monoisotopic (exact) mass is 204 g/mol. The second-order valence-electron chi connectivity index (χ2n) is 4.86. The number of aliphatic hydroxyl groups excluding tert-OH is 1. The number of rotatable bonds is 1. The fourth-order valence-electron chi connectivity index (χ4n) is 2.94. The van der Waals surface area contributed by atoms with E-state index in [4.69, 9.17) is 9.84 Å². The highest BCUT2D eigenvalue weighted by molar-refractivity contribution is 5.39. The summed E-state index contributed by atoms with van der Waals surface area (Å²) >= 11 is 0. The molecule has 2 aliphatic heterocycles. The molecular formula is C13H16O2. The molecule has 1 aromatic rings. The molecule has 2 nitrogen and oxygen atoms in total. The van der Waals surface area contributed by atoms with Gasteiger partial charge in [-0.25, -0.2) is 0 Å². The Labute approximate surface area is 89.9 Å². The van der Waals surface area contributed by atoms with Crippen LogP contribution in [0.1, 0.15) is 36.5 Å². The van der Waals surface area contributed by atoms with E-state index in [-0.39, 0.29) is 12.2 Å². The topological polar surface area (TPSA) is 29.5 Å². The molecule has 2 unspecified atom stereocenters. The number of ether oxygens (including phenoxy) is 1. The first-order valence-electron chi connectivity index (χ1n) is 5.62. The molecule has 0 radical (unpaired) electrons. The molecule has 0 spiro atoms. The molecule has 2 bridgehead atoms. The first-order valence-corrected chi connectivity index (χ1v) is 5.62. The molecule has 0 saturated carbocycles. The molecule has 0 amide bonds. The Morgan fingerprint density at radius 1 is 1.53 bits per heavy atom. The van der Waals surface area contributed by atoms with Crippen LogP contribution in [0.15, 0.2) is 18.2 Å². The minimum absolute atomic E-state index is 0.0633. The second kappa shape index (κ2) is 3.06. The highest BCUT2D eigenvalue weighted by Gasteiger charge is 2.42. The summed E-state index contributed by atoms with van der Waals surface area (Å²) in [6.45, 7) is 2.32. The van der Waals surface area contributed by atoms with Gasteiger partial charge in [0.1, 0.15) is 0 Å². The zero-order valence-electron chi connectivity index (χ0n) is 8.99. The maximum absolute atomic E-state index is 9.12. The van der Waals surface area contributed by atoms with Crippen LogP contribution < -0.4 is 0 Å². The van der Waals surface area contributed by atoms with Crippen LogP contribution in [0.25, 0.3) is 0 Å². The van der Waals surface area contributed by atoms with E-state index in [9.17, 15) is 0 Å². The molecule has 15 heavy (non-hydrogen) atoms. The van der Waals surface area contributed by atoms with Gasteiger partial charge in [0.25, 0.3) is 0 Å². The van der Waals surface area contributed by atoms with Gasteiger partial charge in [0.15, 0.2) is 0 Å². The van der Waals surface area contributed by atoms with Crippen LogP contribution in [0.2, 0.25) is 0 Å². The molecule has 3 rings (SSSR count). The first-order chi connectivity index (χ1) is 7.21. The molecule has 2 heterocycles. The minimum atomic E-state index is -0.0633. The second-order valence-corrected chi connectivity index (χ2v) is 4.86. The van der Waals surface area contributed by atoms with Crippen LogP contribution in [0.3, 0.4) is 0 Å². The van der Waals surface area contributed by atoms with Crippen molar-refractivity contribution in [1.82, 2.24) is 0 Å². The molecule has 1 N–H and O–H groups in total. The van der Waals surface area contributed by atoms with E-state index in [1.165, 1.54) is 17.5 Å². The maximum Gasteiger partial charge on any atom is 0.0910 e. The Bertz CT molecular complexity index is 400. The van der Waals surface area contributed by atoms with Crippen LogP contribution >= 0.6 is 0 Å². The number of fused-ring (bicyclic) bond motifs is 4. The molecular weight excluding hydrogens is 188 g/mol. The average molecular weight is 204 g/mol. The van der Waals surface area contributed by atoms with E-state index >= 15 is 0 Å². The van der Waals surface area contributed by atoms with Crippen molar-refractivity contribution in [3.63, 3.8) is 0 Å². The molecule has 80 valence electrons. The van der Waals surface area contributed by atoms with Gasteiger partial charge in [-0.2, -0.15) is 0 Å². The van der Waals surface area contributed by atoms with Crippen LogP contribution in [0.5, 0.6) is 0 Å². The molecule has 2 heteroatoms. The quantitative estimate of drug-likeness (QED) is 0.759. The predicted octanol–water partition coefficient (Wildman–Crippen LogP) is 2.13. The van der Waals surface area contributed by atoms with Crippen LogP contribution in [-0.2, 0) is 23.4 Å². The van der Waals surface area contributed by atoms with Crippen molar-refractivity contribution in [2.75, 3.05) is 0 Å². The molecule has 0 aliphatic carbocycles. The average Bonchev–Trinajstić information content (AvgIpc) is 2.55. The van der Waals surface area contributed by atoms with Crippen LogP contribution in [0.4, 0.5) is 0 Å². The first kappa shape index (κ1) is 9.37. The number of benzene rings is 1. The van der Waals surface area contributed by atoms with Gasteiger partial charge >= 0.3 is 0 Å². The van der Waals surface area contributed by atoms with Gasteiger partial charge < -0.3 is 9.84 Å². The third-order valence-electron chi connectivity index (χ3n) is 3.74. The Balaban J connectivity index is 2.11. The fraction of sp³-hybridized carbons (Fsp3) is 0.538. The summed E-state index contributed by atoms with van der Waals surface area (Å²) in [5, 5.41) is 9.12. The summed E-state index contributed by atoms with van der Waals surface area (Å²) in [6, 6.07) is 6.27. The summed E-state index contributed by atoms with van der Waals surface area (Å²) in [5.41, 5.74) is 3.65. The zero-order chi connectivity index (χ0) is 10.5. The van der Waals surface area contributed by atoms with Gasteiger partial charge in [0.2, 0.25) is 0 Å². The summed E-state index contributed by atoms with van der Waals surface area (Å²) < 4.78 is 6.02. The molecule has 2 aliphatic rings. The van der Waals surface area contributed by atoms with Crippen molar-refractivity contribution in [1.29, 1.82) is 0 Å². The molecule has 1 fully saturated rings. The van der Waals surface area contributed by atoms with E-state index in [2.05, 4.69) is 19.1 Å². The van der Waals surface area contributed by atoms with Gasteiger partial charge in [-0.15, -0.1) is 0 Å². The van der Waals surface area contributed by atoms with Gasteiger partial charge in [-0.05, 0) is 42.9 Å². The van der Waals surface area contributed by atoms with E-state index in [0.29, 0.717) is 6.10 Å². The molecule has 1 saturated heterocycles. The standard InChI is InChI=1S/C13H16O2/c1-13-5-4-11(15-13)7-10-6-9(8-14)2-3-12(10)13/h2-3,6,11,14H,4-5,7-8H2,1H3. The highest BCUT2D eigenvalue weighted by atomic mass is 16.5. The van der Waals surface area contributed by atoms with Crippen LogP contribution in [0, 0.1) is 0 Å². The Morgan fingerprint density at radius 3 is 3.20 bits per heavy atom. The molecule has 0 aromatic heterocycles. The largest absolute Gasteiger partial charge is 0.392 e. The lowest BCUT2D eigenvalue weighted by atomic mass is 9.88. The summed E-state index contributed by atoms with van der Waals surface area (Å²) in [7, 11) is 0. The maximum atomic E-state index is 9.12. The lowest BCUT2D eigenvalue weighted by molar-refractivity contribution is -0.0438. The number of aliphatic hydroxyl groups is 1. The summed E-state index contributed by atoms with van der Waals surface area (Å²) in [4.78, 5) is 0. The van der Waals surface area contributed by atoms with Crippen molar-refractivity contribution in [2.45, 2.75) is 44.5 Å². The van der Waals surface area contributed by atoms with E-state index < -0.39 is 0 Å². The Morgan fingerprint density at radius 2 is 2.40 bits per heavy atom. The van der Waals surface area contributed by atoms with Gasteiger partial charge in [0, 0.05) is 0 Å². The van der Waals surface area contributed by atoms with Crippen molar-refractivity contribution in [3.8, 4) is 0 Å². The normalized spacial score (nSPS) is 32.8. The van der Waals surface area contributed by atoms with E-state index in [1.807, 2.05) is 6.07 Å². The lowest BCUT2D eigenvalue weighted by Gasteiger charge is -2.33. The van der Waals surface area contributed by atoms with Gasteiger partial charge in [-0.3, -0.25) is 0 Å². The smallest absolute Gasteiger partial charge is 0.0910 e. The lowest BCUT2D eigenvalue weighted by Crippen LogP contribution is -2.30. The van der Waals surface area contributed by atoms with Crippen LogP contribution in [-0.4, -0.2) is 11.2 Å². The highest BCUT2D eigenvalue weighted by Crippen LogP contribution is 2.45. The van der Waals surface area contributed by atoms with Crippen molar-refractivity contribution < 1.29 is 9.84 Å². The van der Waals surface area contributed by atoms with Gasteiger partial charge in [0.05, 0.1) is 18.3 Å². The molecule has 1 aromatic carbocycles. The number of hydrogen-bond acceptors (Lipinski definition) is 2. The third-order valence-corrected chi connectivity index (χ3v) is 3.74. The zero-order valence-corrected chi connectivity index (χ0v) is 8.99. The fourth-order valence-corrected chi connectivity index (χ4v) is 2.94. The van der Waals surface area contributed by atoms with Crippen molar-refractivity contribution in [2.24, 2.45) is 0 Å². The van der Waals surface area contributed by atoms with Crippen molar-refractivity contribution >= 4 is 0 Å². The van der Waals surface area contributed by atoms with Gasteiger partial charge in [-0.1, -0.05) is 18.2 Å². The Hall–Kier alpha value is -0.860. The van der Waals surface area contributed by atoms with E-state index in [1.54, 1.807) is 0 Å². The number of hydrogen-bond donors (Lipinski definition) is 1. The Kier molecular flexibility index (Phi) is 1.91. The minimum Gasteiger partial charge on any atom is -0.392 e. The van der Waals surface area contributed by atoms with E-state index in [0.717, 1.165) is 18.4 Å². The summed E-state index contributed by atoms with van der Waals surface area (Å²) in [6.07, 6.45) is 3.71. The molecule has 2 atom stereocenters. The SMILES string of the molecule is CC12CCC(Cc3cc(CO)ccc31)O2.